The summed E-state index contributed by atoms with van der Waals surface area (Å²) in [7, 11) is 0. The molecule has 11 heavy (non-hydrogen) atoms. The molecule has 1 aliphatic heterocycles. The summed E-state index contributed by atoms with van der Waals surface area (Å²) in [6.45, 7) is 2.74. The normalized spacial score (nSPS) is 47.7. The van der Waals surface area contributed by atoms with E-state index in [2.05, 4.69) is 5.32 Å². The Labute approximate surface area is 65.2 Å². The lowest BCUT2D eigenvalue weighted by Gasteiger charge is -2.27. The molecule has 1 unspecified atom stereocenters. The van der Waals surface area contributed by atoms with E-state index in [0.717, 1.165) is 6.54 Å². The average Bonchev–Trinajstić information content (AvgIpc) is 2.32. The van der Waals surface area contributed by atoms with E-state index in [-0.39, 0.29) is 12.5 Å². The number of nitrogens with one attached hydrogen (secondary N) is 1. The minimum Gasteiger partial charge on any atom is -0.314 e. The van der Waals surface area contributed by atoms with Gasteiger partial charge in [-0.15, -0.1) is 0 Å². The molecule has 1 spiro atoms. The second-order valence-electron chi connectivity index (χ2n) is 3.97. The van der Waals surface area contributed by atoms with Crippen molar-refractivity contribution in [3.8, 4) is 0 Å². The summed E-state index contributed by atoms with van der Waals surface area (Å²) in [6, 6.07) is 0.275. The zero-order valence-electron chi connectivity index (χ0n) is 6.66. The minimum atomic E-state index is -2.34. The molecule has 1 saturated heterocycles. The number of rotatable bonds is 0. The van der Waals surface area contributed by atoms with Crippen LogP contribution in [0.1, 0.15) is 26.2 Å². The summed E-state index contributed by atoms with van der Waals surface area (Å²) in [5.74, 6) is -2.34. The van der Waals surface area contributed by atoms with Crippen molar-refractivity contribution in [2.45, 2.75) is 38.2 Å². The maximum atomic E-state index is 12.8. The highest BCUT2D eigenvalue weighted by Crippen LogP contribution is 2.65. The number of hydrogen-bond donors (Lipinski definition) is 1. The second-order valence-corrected chi connectivity index (χ2v) is 3.97. The first-order chi connectivity index (χ1) is 5.06. The molecule has 0 aromatic rings. The van der Waals surface area contributed by atoms with Crippen molar-refractivity contribution in [2.75, 3.05) is 6.54 Å². The summed E-state index contributed by atoms with van der Waals surface area (Å²) in [6.07, 6.45) is 1.44. The van der Waals surface area contributed by atoms with Crippen LogP contribution in [0.4, 0.5) is 8.78 Å². The van der Waals surface area contributed by atoms with Gasteiger partial charge in [-0.2, -0.15) is 0 Å². The lowest BCUT2D eigenvalue weighted by Crippen LogP contribution is -2.38. The Kier molecular flexibility index (Phi) is 1.32. The van der Waals surface area contributed by atoms with Crippen LogP contribution < -0.4 is 5.32 Å². The molecular weight excluding hydrogens is 148 g/mol. The number of halogens is 2. The zero-order chi connectivity index (χ0) is 8.11. The molecule has 2 aliphatic rings. The van der Waals surface area contributed by atoms with Crippen molar-refractivity contribution in [1.82, 2.24) is 5.32 Å². The van der Waals surface area contributed by atoms with E-state index >= 15 is 0 Å². The average molecular weight is 161 g/mol. The highest BCUT2D eigenvalue weighted by molar-refractivity contribution is 5.12. The van der Waals surface area contributed by atoms with Gasteiger partial charge in [-0.3, -0.25) is 0 Å². The van der Waals surface area contributed by atoms with Crippen molar-refractivity contribution in [2.24, 2.45) is 5.41 Å². The summed E-state index contributed by atoms with van der Waals surface area (Å²) in [4.78, 5) is 0. The van der Waals surface area contributed by atoms with Gasteiger partial charge in [-0.05, 0) is 26.3 Å². The molecule has 2 fully saturated rings. The molecular formula is C8H13F2N. The van der Waals surface area contributed by atoms with Gasteiger partial charge in [0.25, 0.3) is 5.92 Å². The third-order valence-corrected chi connectivity index (χ3v) is 3.00. The Morgan fingerprint density at radius 3 is 2.45 bits per heavy atom. The fourth-order valence-electron chi connectivity index (χ4n) is 2.19. The van der Waals surface area contributed by atoms with Gasteiger partial charge in [0.05, 0.1) is 0 Å². The topological polar surface area (TPSA) is 12.0 Å². The Morgan fingerprint density at radius 2 is 2.09 bits per heavy atom. The first kappa shape index (κ1) is 7.47. The predicted octanol–water partition coefficient (Wildman–Crippen LogP) is 1.78. The molecule has 0 radical (unpaired) electrons. The van der Waals surface area contributed by atoms with Crippen LogP contribution in [0.25, 0.3) is 0 Å². The fourth-order valence-corrected chi connectivity index (χ4v) is 2.19. The van der Waals surface area contributed by atoms with E-state index in [0.29, 0.717) is 12.8 Å². The summed E-state index contributed by atoms with van der Waals surface area (Å²) in [5.41, 5.74) is -0.600. The molecule has 3 heteroatoms. The first-order valence-corrected chi connectivity index (χ1v) is 4.17. The van der Waals surface area contributed by atoms with E-state index in [1.54, 1.807) is 0 Å². The summed E-state index contributed by atoms with van der Waals surface area (Å²) >= 11 is 0. The Hall–Kier alpha value is -0.180. The van der Waals surface area contributed by atoms with Crippen molar-refractivity contribution in [1.29, 1.82) is 0 Å². The number of piperidine rings is 1. The van der Waals surface area contributed by atoms with Crippen LogP contribution in [0.5, 0.6) is 0 Å². The molecule has 2 atom stereocenters. The van der Waals surface area contributed by atoms with Crippen molar-refractivity contribution < 1.29 is 8.78 Å². The van der Waals surface area contributed by atoms with Crippen LogP contribution in [0.2, 0.25) is 0 Å². The largest absolute Gasteiger partial charge is 0.314 e. The van der Waals surface area contributed by atoms with Crippen LogP contribution in [-0.4, -0.2) is 18.5 Å². The number of hydrogen-bond acceptors (Lipinski definition) is 1. The van der Waals surface area contributed by atoms with Crippen molar-refractivity contribution >= 4 is 0 Å². The predicted molar refractivity (Wildman–Crippen MR) is 38.7 cm³/mol. The lowest BCUT2D eigenvalue weighted by molar-refractivity contribution is 0.0448. The van der Waals surface area contributed by atoms with Gasteiger partial charge >= 0.3 is 0 Å². The Bertz CT molecular complexity index is 181. The van der Waals surface area contributed by atoms with E-state index in [1.807, 2.05) is 6.92 Å². The molecule has 1 N–H and O–H groups in total. The van der Waals surface area contributed by atoms with E-state index in [1.165, 1.54) is 0 Å². The van der Waals surface area contributed by atoms with E-state index in [9.17, 15) is 8.78 Å². The third kappa shape index (κ3) is 0.975. The van der Waals surface area contributed by atoms with Crippen LogP contribution in [-0.2, 0) is 0 Å². The Balaban J connectivity index is 2.06. The zero-order valence-corrected chi connectivity index (χ0v) is 6.66. The molecule has 1 saturated carbocycles. The number of alkyl halides is 2. The van der Waals surface area contributed by atoms with Crippen molar-refractivity contribution in [3.05, 3.63) is 0 Å². The standard InChI is InChI=1S/C8H13F2N/c1-6-4-7(2-3-11-6)5-8(7,9)10/h6,11H,2-5H2,1H3/t6-,7?/m1/s1. The molecule has 1 aliphatic carbocycles. The second kappa shape index (κ2) is 1.94. The van der Waals surface area contributed by atoms with Gasteiger partial charge in [-0.1, -0.05) is 0 Å². The molecule has 0 aromatic heterocycles. The van der Waals surface area contributed by atoms with E-state index in [4.69, 9.17) is 0 Å². The fraction of sp³-hybridized carbons (Fsp3) is 1.00. The highest BCUT2D eigenvalue weighted by Gasteiger charge is 2.70. The van der Waals surface area contributed by atoms with Gasteiger partial charge in [0.15, 0.2) is 0 Å². The smallest absolute Gasteiger partial charge is 0.254 e. The minimum absolute atomic E-state index is 0.131. The molecule has 0 bridgehead atoms. The quantitative estimate of drug-likeness (QED) is 0.571. The van der Waals surface area contributed by atoms with Crippen LogP contribution in [0.15, 0.2) is 0 Å². The van der Waals surface area contributed by atoms with E-state index < -0.39 is 11.3 Å². The van der Waals surface area contributed by atoms with Gasteiger partial charge in [0.2, 0.25) is 0 Å². The maximum Gasteiger partial charge on any atom is 0.254 e. The first-order valence-electron chi connectivity index (χ1n) is 4.17. The molecule has 0 aromatic carbocycles. The van der Waals surface area contributed by atoms with Gasteiger partial charge in [0.1, 0.15) is 0 Å². The monoisotopic (exact) mass is 161 g/mol. The van der Waals surface area contributed by atoms with Gasteiger partial charge in [-0.25, -0.2) is 8.78 Å². The maximum absolute atomic E-state index is 12.8. The molecule has 2 rings (SSSR count). The van der Waals surface area contributed by atoms with Crippen molar-refractivity contribution in [3.63, 3.8) is 0 Å². The molecule has 64 valence electrons. The van der Waals surface area contributed by atoms with Crippen LogP contribution in [0, 0.1) is 5.41 Å². The third-order valence-electron chi connectivity index (χ3n) is 3.00. The molecule has 1 heterocycles. The Morgan fingerprint density at radius 1 is 1.45 bits per heavy atom. The molecule has 1 nitrogen and oxygen atoms in total. The highest BCUT2D eigenvalue weighted by atomic mass is 19.3. The van der Waals surface area contributed by atoms with Gasteiger partial charge in [0, 0.05) is 17.9 Å². The summed E-state index contributed by atoms with van der Waals surface area (Å²) < 4.78 is 25.6. The van der Waals surface area contributed by atoms with Crippen LogP contribution >= 0.6 is 0 Å². The molecule has 0 amide bonds. The van der Waals surface area contributed by atoms with Gasteiger partial charge < -0.3 is 5.32 Å². The SMILES string of the molecule is C[C@@H]1CC2(CCN1)CC2(F)F. The summed E-state index contributed by atoms with van der Waals surface area (Å²) in [5, 5.41) is 3.18. The lowest BCUT2D eigenvalue weighted by atomic mass is 9.89. The van der Waals surface area contributed by atoms with Crippen LogP contribution in [0.3, 0.4) is 0 Å².